The van der Waals surface area contributed by atoms with Gasteiger partial charge >= 0.3 is 35.3 Å². The fraction of sp³-hybridized carbons (Fsp3) is 0.111. The van der Waals surface area contributed by atoms with Crippen LogP contribution in [0.15, 0.2) is 146 Å². The Bertz CT molecular complexity index is 2520. The molecule has 0 fully saturated rings. The Labute approximate surface area is 310 Å². The van der Waals surface area contributed by atoms with Gasteiger partial charge in [-0.05, 0) is 85.1 Å². The van der Waals surface area contributed by atoms with Gasteiger partial charge in [0, 0.05) is 42.0 Å². The van der Waals surface area contributed by atoms with Crippen molar-refractivity contribution in [2.24, 2.45) is 0 Å². The van der Waals surface area contributed by atoms with Crippen LogP contribution in [-0.4, -0.2) is 0 Å². The average molecular weight is 903 g/mol. The molecule has 2 aromatic heterocycles. The van der Waals surface area contributed by atoms with E-state index in [1.165, 1.54) is 71.1 Å². The molecule has 8 aromatic carbocycles. The van der Waals surface area contributed by atoms with E-state index in [4.69, 9.17) is 18.8 Å². The van der Waals surface area contributed by atoms with E-state index in [-0.39, 0.29) is 0 Å². The predicted molar refractivity (Wildman–Crippen MR) is 224 cm³/mol. The molecule has 5 heteroatoms. The molecule has 0 saturated carbocycles. The van der Waals surface area contributed by atoms with Crippen molar-refractivity contribution in [3.63, 3.8) is 0 Å². The number of fused-ring (bicyclic) bond motifs is 14. The molecule has 0 aliphatic heterocycles. The molecule has 0 N–H and O–H groups in total. The number of rotatable bonds is 4. The predicted octanol–water partition coefficient (Wildman–Crippen LogP) is 16.5. The van der Waals surface area contributed by atoms with Crippen molar-refractivity contribution in [3.8, 4) is 0 Å². The van der Waals surface area contributed by atoms with Crippen molar-refractivity contribution >= 4 is 119 Å². The third-order valence-electron chi connectivity index (χ3n) is 10.7. The Morgan fingerprint density at radius 2 is 0.640 bits per heavy atom. The third kappa shape index (κ3) is 5.15. The Morgan fingerprint density at radius 1 is 0.400 bits per heavy atom. The summed E-state index contributed by atoms with van der Waals surface area (Å²) in [7, 11) is 8.73. The summed E-state index contributed by atoms with van der Waals surface area (Å²) >= 11 is -0.472. The second-order valence-electron chi connectivity index (χ2n) is 13.4. The van der Waals surface area contributed by atoms with Gasteiger partial charge in [0.15, 0.2) is 0 Å². The van der Waals surface area contributed by atoms with Gasteiger partial charge in [0.2, 0.25) is 0 Å². The van der Waals surface area contributed by atoms with Crippen LogP contribution < -0.4 is 0 Å². The summed E-state index contributed by atoms with van der Waals surface area (Å²) in [6.45, 7) is 5.11. The van der Waals surface area contributed by atoms with E-state index in [1.54, 1.807) is 20.5 Å². The first kappa shape index (κ1) is 32.6. The topological polar surface area (TPSA) is 0 Å². The molecule has 0 bridgehead atoms. The molecule has 0 nitrogen and oxygen atoms in total. The molecule has 2 atom stereocenters. The molecule has 0 amide bonds. The van der Waals surface area contributed by atoms with Gasteiger partial charge in [-0.3, -0.25) is 0 Å². The second kappa shape index (κ2) is 13.3. The van der Waals surface area contributed by atoms with Gasteiger partial charge < -0.3 is 0 Å². The molecule has 10 rings (SSSR count). The first-order chi connectivity index (χ1) is 24.6. The Kier molecular flexibility index (Phi) is 8.68. The van der Waals surface area contributed by atoms with E-state index in [9.17, 15) is 0 Å². The van der Waals surface area contributed by atoms with Crippen LogP contribution in [-0.2, 0) is 16.5 Å². The van der Waals surface area contributed by atoms with Gasteiger partial charge in [0.25, 0.3) is 0 Å². The quantitative estimate of drug-likeness (QED) is 0.165. The molecule has 50 heavy (non-hydrogen) atoms. The summed E-state index contributed by atoms with van der Waals surface area (Å²) in [5.74, 6) is 0. The number of benzene rings is 8. The van der Waals surface area contributed by atoms with Crippen LogP contribution in [0.25, 0.3) is 85.1 Å². The summed E-state index contributed by atoms with van der Waals surface area (Å²) in [5, 5.41) is 23.2. The molecule has 248 valence electrons. The minimum atomic E-state index is -0.512. The summed E-state index contributed by atoms with van der Waals surface area (Å²) < 4.78 is 0. The van der Waals surface area contributed by atoms with Crippen molar-refractivity contribution in [1.82, 2.24) is 0 Å². The summed E-state index contributed by atoms with van der Waals surface area (Å²) in [5.41, 5.74) is 1.11. The van der Waals surface area contributed by atoms with Gasteiger partial charge in [-0.2, -0.15) is 0 Å². The molecule has 10 aromatic rings. The van der Waals surface area contributed by atoms with Crippen molar-refractivity contribution in [2.45, 2.75) is 31.6 Å². The molecule has 0 saturated heterocycles. The Morgan fingerprint density at radius 3 is 0.900 bits per heavy atom. The van der Waals surface area contributed by atoms with E-state index in [0.29, 0.717) is 11.3 Å². The molecule has 0 radical (unpaired) electrons. The molecule has 0 aliphatic rings. The van der Waals surface area contributed by atoms with Crippen LogP contribution in [0, 0.1) is 0 Å². The maximum absolute atomic E-state index is 4.88. The van der Waals surface area contributed by atoms with Gasteiger partial charge in [-0.1, -0.05) is 135 Å². The number of hydrogen-bond donors (Lipinski definition) is 0. The number of hydrogen-bond acceptors (Lipinski definition) is 0. The first-order valence-electron chi connectivity index (χ1n) is 17.1. The fourth-order valence-corrected chi connectivity index (χ4v) is 15.3. The zero-order valence-electron chi connectivity index (χ0n) is 27.7. The van der Waals surface area contributed by atoms with Crippen LogP contribution in [0.1, 0.15) is 31.6 Å². The van der Waals surface area contributed by atoms with Crippen molar-refractivity contribution in [3.05, 3.63) is 146 Å². The van der Waals surface area contributed by atoms with Gasteiger partial charge in [-0.25, -0.2) is 0 Å². The van der Waals surface area contributed by atoms with E-state index < -0.39 is 31.5 Å². The van der Waals surface area contributed by atoms with Crippen LogP contribution in [0.3, 0.4) is 0 Å². The molecule has 0 aliphatic carbocycles. The summed E-state index contributed by atoms with van der Waals surface area (Å²) in [4.78, 5) is 0. The summed E-state index contributed by atoms with van der Waals surface area (Å²) in [6.07, 6.45) is 1.20. The third-order valence-corrected chi connectivity index (χ3v) is 16.5. The van der Waals surface area contributed by atoms with Crippen LogP contribution in [0.5, 0.6) is 0 Å². The van der Waals surface area contributed by atoms with E-state index in [2.05, 4.69) is 159 Å². The zero-order chi connectivity index (χ0) is 33.9. The standard InChI is InChI=1S/C45H34P2.2ClH.Pt/c1-28(46-38-23-19-30-11-3-7-15-34(30)42(38)43-35-16-8-4-12-31(35)20-24-39(43)46)27-29(2)47-40-25-21-32-13-5-9-17-36(32)44(40)45-37-18-10-6-14-33(37)22-26-41(45)47;;;/h3-26,28-29H,27H2,1-2H3;2*1H;/q;;;+2/p-2/t28-,29-;;;/m0.../s1. The van der Waals surface area contributed by atoms with Crippen molar-refractivity contribution in [2.75, 3.05) is 0 Å². The van der Waals surface area contributed by atoms with E-state index in [0.717, 1.165) is 0 Å². The van der Waals surface area contributed by atoms with Gasteiger partial charge in [0.05, 0.1) is 0 Å². The molecular formula is C45H34Cl2P2Pt. The Balaban J connectivity index is 0.00000109. The second-order valence-corrected chi connectivity index (χ2v) is 21.9. The molecule has 0 unspecified atom stereocenters. The summed E-state index contributed by atoms with van der Waals surface area (Å²) in [6, 6.07) is 55.4. The minimum absolute atomic E-state index is 0.472. The zero-order valence-corrected chi connectivity index (χ0v) is 33.3. The van der Waals surface area contributed by atoms with Crippen LogP contribution >= 0.6 is 33.9 Å². The molecule has 2 heterocycles. The molecule has 0 spiro atoms. The maximum atomic E-state index is 4.88. The molecular weight excluding hydrogens is 868 g/mol. The van der Waals surface area contributed by atoms with E-state index >= 15 is 0 Å². The Hall–Kier alpha value is -3.33. The number of halogens is 2. The van der Waals surface area contributed by atoms with Crippen LogP contribution in [0.2, 0.25) is 0 Å². The fourth-order valence-electron chi connectivity index (χ4n) is 8.81. The van der Waals surface area contributed by atoms with Crippen molar-refractivity contribution in [1.29, 1.82) is 0 Å². The average Bonchev–Trinajstić information content (AvgIpc) is 3.69. The monoisotopic (exact) mass is 901 g/mol. The van der Waals surface area contributed by atoms with Crippen LogP contribution in [0.4, 0.5) is 0 Å². The SMILES string of the molecule is C[C@@H](C[C@H](C)p1c2ccc3ccccc3c2c2c3ccccc3ccc21)p1c2ccc3ccccc3c2c2c3ccccc3ccc21.[Cl][Pt][Cl]. The van der Waals surface area contributed by atoms with E-state index in [1.807, 2.05) is 0 Å². The van der Waals surface area contributed by atoms with Crippen molar-refractivity contribution < 1.29 is 16.5 Å². The van der Waals surface area contributed by atoms with Gasteiger partial charge in [0.1, 0.15) is 0 Å². The normalized spacial score (nSPS) is 13.3. The van der Waals surface area contributed by atoms with Gasteiger partial charge in [-0.15, -0.1) is 15.1 Å². The first-order valence-corrected chi connectivity index (χ1v) is 25.5.